The van der Waals surface area contributed by atoms with Crippen molar-refractivity contribution < 1.29 is 57.2 Å². The lowest BCUT2D eigenvalue weighted by molar-refractivity contribution is 0.0680. The van der Waals surface area contributed by atoms with Crippen molar-refractivity contribution in [2.45, 2.75) is 11.8 Å². The van der Waals surface area contributed by atoms with Gasteiger partial charge in [0.15, 0.2) is 0 Å². The number of carbonyl (C=O) groups is 4. The molecule has 0 atom stereocenters. The van der Waals surface area contributed by atoms with Gasteiger partial charge in [-0.15, -0.1) is 0 Å². The number of carboxylic acids is 4. The highest BCUT2D eigenvalue weighted by atomic mass is 19.1. The van der Waals surface area contributed by atoms with Gasteiger partial charge in [0.25, 0.3) is 0 Å². The summed E-state index contributed by atoms with van der Waals surface area (Å²) in [6.07, 6.45) is 0. The minimum Gasteiger partial charge on any atom is -0.478 e. The van der Waals surface area contributed by atoms with Gasteiger partial charge in [-0.3, -0.25) is 0 Å². The molecule has 0 heterocycles. The fourth-order valence-electron chi connectivity index (χ4n) is 4.75. The van der Waals surface area contributed by atoms with Crippen LogP contribution >= 0.6 is 0 Å². The van der Waals surface area contributed by atoms with Crippen molar-refractivity contribution in [1.82, 2.24) is 0 Å². The van der Waals surface area contributed by atoms with Crippen molar-refractivity contribution in [2.75, 3.05) is 0 Å². The SMILES string of the molecule is O=C(O)c1ccc(C(c2ccc(C(=O)O)c(F)c2)C(c2ccc(C(=O)O)c(F)c2)c2ccc(C(=O)O)c(F)c2)cc1F. The van der Waals surface area contributed by atoms with Gasteiger partial charge >= 0.3 is 23.9 Å². The molecule has 0 saturated heterocycles. The first kappa shape index (κ1) is 29.5. The molecule has 0 radical (unpaired) electrons. The van der Waals surface area contributed by atoms with Crippen LogP contribution in [0, 0.1) is 23.3 Å². The van der Waals surface area contributed by atoms with Crippen LogP contribution in [0.15, 0.2) is 72.8 Å². The zero-order valence-electron chi connectivity index (χ0n) is 21.0. The molecular weight excluding hydrogens is 564 g/mol. The summed E-state index contributed by atoms with van der Waals surface area (Å²) >= 11 is 0. The number of halogens is 4. The monoisotopic (exact) mass is 582 g/mol. The average Bonchev–Trinajstić information content (AvgIpc) is 2.90. The minimum absolute atomic E-state index is 0.0320. The van der Waals surface area contributed by atoms with Crippen LogP contribution in [0.3, 0.4) is 0 Å². The maximum Gasteiger partial charge on any atom is 0.338 e. The first-order valence-electron chi connectivity index (χ1n) is 11.9. The molecule has 0 aliphatic carbocycles. The third-order valence-electron chi connectivity index (χ3n) is 6.66. The fourth-order valence-corrected chi connectivity index (χ4v) is 4.75. The normalized spacial score (nSPS) is 11.1. The van der Waals surface area contributed by atoms with Crippen LogP contribution in [-0.4, -0.2) is 44.3 Å². The lowest BCUT2D eigenvalue weighted by Gasteiger charge is -2.30. The zero-order chi connectivity index (χ0) is 30.9. The molecule has 0 unspecified atom stereocenters. The summed E-state index contributed by atoms with van der Waals surface area (Å²) in [4.78, 5) is 45.7. The van der Waals surface area contributed by atoms with Crippen LogP contribution in [0.2, 0.25) is 0 Å². The highest BCUT2D eigenvalue weighted by Crippen LogP contribution is 2.44. The van der Waals surface area contributed by atoms with Crippen molar-refractivity contribution in [1.29, 1.82) is 0 Å². The number of rotatable bonds is 9. The smallest absolute Gasteiger partial charge is 0.338 e. The van der Waals surface area contributed by atoms with Crippen LogP contribution in [-0.2, 0) is 0 Å². The first-order valence-corrected chi connectivity index (χ1v) is 11.9. The van der Waals surface area contributed by atoms with Crippen molar-refractivity contribution in [3.05, 3.63) is 141 Å². The Balaban J connectivity index is 2.07. The molecule has 0 aliphatic heterocycles. The van der Waals surface area contributed by atoms with Gasteiger partial charge in [0.05, 0.1) is 22.3 Å². The van der Waals surface area contributed by atoms with E-state index in [-0.39, 0.29) is 22.3 Å². The molecule has 0 aliphatic rings. The number of hydrogen-bond donors (Lipinski definition) is 4. The highest BCUT2D eigenvalue weighted by Gasteiger charge is 2.32. The summed E-state index contributed by atoms with van der Waals surface area (Å²) in [5.74, 6) is -13.8. The highest BCUT2D eigenvalue weighted by molar-refractivity contribution is 5.89. The maximum atomic E-state index is 14.9. The van der Waals surface area contributed by atoms with E-state index in [0.717, 1.165) is 48.5 Å². The molecule has 4 rings (SSSR count). The third-order valence-corrected chi connectivity index (χ3v) is 6.66. The Kier molecular flexibility index (Phi) is 8.09. The Labute approximate surface area is 233 Å². The lowest BCUT2D eigenvalue weighted by Crippen LogP contribution is -2.18. The van der Waals surface area contributed by atoms with Crippen LogP contribution < -0.4 is 0 Å². The zero-order valence-corrected chi connectivity index (χ0v) is 21.0. The molecule has 0 saturated carbocycles. The molecule has 8 nitrogen and oxygen atoms in total. The van der Waals surface area contributed by atoms with Gasteiger partial charge < -0.3 is 20.4 Å². The Morgan fingerprint density at radius 2 is 0.595 bits per heavy atom. The molecule has 42 heavy (non-hydrogen) atoms. The molecule has 12 heteroatoms. The summed E-state index contributed by atoms with van der Waals surface area (Å²) in [7, 11) is 0. The maximum absolute atomic E-state index is 14.9. The van der Waals surface area contributed by atoms with E-state index in [1.165, 1.54) is 24.3 Å². The summed E-state index contributed by atoms with van der Waals surface area (Å²) < 4.78 is 59.7. The number of benzene rings is 4. The Morgan fingerprint density at radius 3 is 0.738 bits per heavy atom. The van der Waals surface area contributed by atoms with Crippen molar-refractivity contribution in [3.8, 4) is 0 Å². The van der Waals surface area contributed by atoms with E-state index in [9.17, 15) is 57.2 Å². The molecule has 0 fully saturated rings. The fraction of sp³-hybridized carbons (Fsp3) is 0.0667. The second kappa shape index (κ2) is 11.5. The Bertz CT molecular complexity index is 1510. The van der Waals surface area contributed by atoms with Crippen LogP contribution in [0.4, 0.5) is 17.6 Å². The van der Waals surface area contributed by atoms with Gasteiger partial charge in [0, 0.05) is 11.8 Å². The largest absolute Gasteiger partial charge is 0.478 e. The lowest BCUT2D eigenvalue weighted by atomic mass is 9.73. The molecule has 0 aromatic heterocycles. The van der Waals surface area contributed by atoms with E-state index in [2.05, 4.69) is 0 Å². The minimum atomic E-state index is -1.60. The molecule has 4 aromatic carbocycles. The van der Waals surface area contributed by atoms with Gasteiger partial charge in [-0.1, -0.05) is 24.3 Å². The second-order valence-corrected chi connectivity index (χ2v) is 9.13. The van der Waals surface area contributed by atoms with Gasteiger partial charge in [-0.05, 0) is 70.8 Å². The average molecular weight is 582 g/mol. The van der Waals surface area contributed by atoms with E-state index in [1.54, 1.807) is 0 Å². The summed E-state index contributed by atoms with van der Waals surface area (Å²) in [6.45, 7) is 0. The van der Waals surface area contributed by atoms with Crippen LogP contribution in [0.5, 0.6) is 0 Å². The van der Waals surface area contributed by atoms with Gasteiger partial charge in [-0.2, -0.15) is 0 Å². The number of aromatic carboxylic acids is 4. The number of hydrogen-bond acceptors (Lipinski definition) is 4. The van der Waals surface area contributed by atoms with Crippen molar-refractivity contribution in [2.24, 2.45) is 0 Å². The van der Waals surface area contributed by atoms with Crippen molar-refractivity contribution in [3.63, 3.8) is 0 Å². The standard InChI is InChI=1S/C30H18F4O8/c31-21-9-13(1-5-17(21)27(35)36)25(14-2-6-18(28(37)38)22(32)10-14)26(15-3-7-19(29(39)40)23(33)11-15)16-4-8-20(30(41)42)24(34)12-16/h1-12,25-26H,(H,35,36)(H,37,38)(H,39,40)(H,41,42). The van der Waals surface area contributed by atoms with Gasteiger partial charge in [-0.25, -0.2) is 36.7 Å². The number of carboxylic acid groups (broad SMARTS) is 4. The van der Waals surface area contributed by atoms with Crippen LogP contribution in [0.1, 0.15) is 75.5 Å². The second-order valence-electron chi connectivity index (χ2n) is 9.13. The van der Waals surface area contributed by atoms with Crippen LogP contribution in [0.25, 0.3) is 0 Å². The van der Waals surface area contributed by atoms with Crippen molar-refractivity contribution >= 4 is 23.9 Å². The predicted molar refractivity (Wildman–Crippen MR) is 137 cm³/mol. The quantitative estimate of drug-likeness (QED) is 0.176. The van der Waals surface area contributed by atoms with Gasteiger partial charge in [0.2, 0.25) is 0 Å². The summed E-state index contributed by atoms with van der Waals surface area (Å²) in [5.41, 5.74) is -2.98. The topological polar surface area (TPSA) is 149 Å². The molecule has 4 N–H and O–H groups in total. The summed E-state index contributed by atoms with van der Waals surface area (Å²) in [5, 5.41) is 37.1. The van der Waals surface area contributed by atoms with E-state index in [4.69, 9.17) is 0 Å². The van der Waals surface area contributed by atoms with Gasteiger partial charge in [0.1, 0.15) is 23.3 Å². The first-order chi connectivity index (χ1) is 19.8. The molecule has 0 spiro atoms. The van der Waals surface area contributed by atoms with E-state index in [0.29, 0.717) is 0 Å². The third kappa shape index (κ3) is 5.68. The molecule has 0 amide bonds. The molecule has 4 aromatic rings. The molecular formula is C30H18F4O8. The Morgan fingerprint density at radius 1 is 0.405 bits per heavy atom. The van der Waals surface area contributed by atoms with E-state index in [1.807, 2.05) is 0 Å². The van der Waals surface area contributed by atoms with E-state index < -0.39 is 81.2 Å². The predicted octanol–water partition coefficient (Wildman–Crippen LogP) is 6.00. The summed E-state index contributed by atoms with van der Waals surface area (Å²) in [6, 6.07) is 11.6. The molecule has 0 bridgehead atoms. The molecule has 214 valence electrons. The Hall–Kier alpha value is -5.52. The van der Waals surface area contributed by atoms with E-state index >= 15 is 0 Å².